The number of nitrogens with zero attached hydrogens (tertiary/aromatic N) is 1. The highest BCUT2D eigenvalue weighted by molar-refractivity contribution is 7.89. The normalized spacial score (nSPS) is 13.0. The number of hydrogen-bond donors (Lipinski definition) is 2. The molecule has 1 atom stereocenters. The van der Waals surface area contributed by atoms with Crippen LogP contribution < -0.4 is 14.5 Å². The first-order valence-electron chi connectivity index (χ1n) is 8.76. The van der Waals surface area contributed by atoms with E-state index in [1.54, 1.807) is 6.07 Å². The Hall–Kier alpha value is -1.89. The molecule has 142 valence electrons. The number of rotatable bonds is 7. The molecule has 0 saturated heterocycles. The summed E-state index contributed by atoms with van der Waals surface area (Å²) in [6, 6.07) is 13.7. The summed E-state index contributed by atoms with van der Waals surface area (Å²) < 4.78 is 28.3. The van der Waals surface area contributed by atoms with Crippen molar-refractivity contribution in [3.8, 4) is 0 Å². The summed E-state index contributed by atoms with van der Waals surface area (Å²) in [5.74, 6) is 0. The summed E-state index contributed by atoms with van der Waals surface area (Å²) in [6.07, 6.45) is 0. The van der Waals surface area contributed by atoms with Crippen LogP contribution in [0.2, 0.25) is 0 Å². The monoisotopic (exact) mass is 376 g/mol. The molecule has 0 heterocycles. The number of quaternary nitrogens is 1. The van der Waals surface area contributed by atoms with Crippen LogP contribution in [0.15, 0.2) is 47.4 Å². The van der Waals surface area contributed by atoms with Crippen molar-refractivity contribution in [1.82, 2.24) is 4.72 Å². The quantitative estimate of drug-likeness (QED) is 0.771. The molecular weight excluding hydrogens is 346 g/mol. The fourth-order valence-corrected chi connectivity index (χ4v) is 4.30. The molecule has 6 heteroatoms. The van der Waals surface area contributed by atoms with Crippen molar-refractivity contribution >= 4 is 15.7 Å². The number of aryl methyl sites for hydroxylation is 2. The summed E-state index contributed by atoms with van der Waals surface area (Å²) >= 11 is 0. The van der Waals surface area contributed by atoms with E-state index in [0.29, 0.717) is 11.4 Å². The van der Waals surface area contributed by atoms with Gasteiger partial charge in [-0.05, 0) is 37.6 Å². The zero-order valence-corrected chi connectivity index (χ0v) is 17.3. The van der Waals surface area contributed by atoms with Crippen LogP contribution in [-0.4, -0.2) is 43.2 Å². The lowest BCUT2D eigenvalue weighted by Gasteiger charge is -2.23. The second kappa shape index (κ2) is 8.20. The van der Waals surface area contributed by atoms with Crippen molar-refractivity contribution in [1.29, 1.82) is 0 Å². The average molecular weight is 377 g/mol. The van der Waals surface area contributed by atoms with Gasteiger partial charge in [0.05, 0.1) is 25.5 Å². The molecular formula is C20H30N3O2S+. The van der Waals surface area contributed by atoms with Crippen LogP contribution >= 0.6 is 0 Å². The maximum atomic E-state index is 12.7. The van der Waals surface area contributed by atoms with Gasteiger partial charge in [0.25, 0.3) is 0 Å². The first-order valence-corrected chi connectivity index (χ1v) is 10.2. The Bertz CT molecular complexity index is 844. The first-order chi connectivity index (χ1) is 12.1. The Labute approximate surface area is 157 Å². The Kier molecular flexibility index (Phi) is 6.44. The Morgan fingerprint density at radius 3 is 2.15 bits per heavy atom. The second-order valence-electron chi connectivity index (χ2n) is 7.24. The predicted molar refractivity (Wildman–Crippen MR) is 107 cm³/mol. The van der Waals surface area contributed by atoms with Crippen LogP contribution in [-0.2, 0) is 10.0 Å². The molecule has 2 rings (SSSR count). The van der Waals surface area contributed by atoms with Crippen molar-refractivity contribution in [2.45, 2.75) is 24.8 Å². The summed E-state index contributed by atoms with van der Waals surface area (Å²) in [5, 5.41) is 0. The fraction of sp³-hybridized carbons (Fsp3) is 0.400. The third-order valence-electron chi connectivity index (χ3n) is 4.61. The molecule has 2 aromatic rings. The topological polar surface area (TPSA) is 53.9 Å². The van der Waals surface area contributed by atoms with Gasteiger partial charge < -0.3 is 9.80 Å². The van der Waals surface area contributed by atoms with Crippen molar-refractivity contribution in [3.63, 3.8) is 0 Å². The molecule has 0 amide bonds. The number of benzene rings is 2. The number of sulfonamides is 1. The minimum absolute atomic E-state index is 0.0340. The highest BCUT2D eigenvalue weighted by atomic mass is 32.2. The van der Waals surface area contributed by atoms with Crippen molar-refractivity contribution in [2.75, 3.05) is 39.6 Å². The average Bonchev–Trinajstić information content (AvgIpc) is 2.54. The molecule has 5 nitrogen and oxygen atoms in total. The summed E-state index contributed by atoms with van der Waals surface area (Å²) in [7, 11) is 4.54. The van der Waals surface area contributed by atoms with E-state index in [-0.39, 0.29) is 6.04 Å². The number of anilines is 1. The maximum Gasteiger partial charge on any atom is 0.241 e. The Morgan fingerprint density at radius 2 is 1.65 bits per heavy atom. The zero-order valence-electron chi connectivity index (χ0n) is 16.5. The van der Waals surface area contributed by atoms with E-state index in [1.807, 2.05) is 59.1 Å². The van der Waals surface area contributed by atoms with E-state index in [2.05, 4.69) is 29.0 Å². The van der Waals surface area contributed by atoms with E-state index in [4.69, 9.17) is 0 Å². The Morgan fingerprint density at radius 1 is 1.04 bits per heavy atom. The fourth-order valence-electron chi connectivity index (χ4n) is 3.03. The second-order valence-corrected chi connectivity index (χ2v) is 8.97. The van der Waals surface area contributed by atoms with Crippen LogP contribution in [0, 0.1) is 13.8 Å². The number of likely N-dealkylation sites (N-methyl/N-ethyl adjacent to an activating group) is 1. The highest BCUT2D eigenvalue weighted by Crippen LogP contribution is 2.19. The van der Waals surface area contributed by atoms with Gasteiger partial charge in [0.2, 0.25) is 10.0 Å². The van der Waals surface area contributed by atoms with Gasteiger partial charge >= 0.3 is 0 Å². The van der Waals surface area contributed by atoms with E-state index in [0.717, 1.165) is 22.4 Å². The van der Waals surface area contributed by atoms with Gasteiger partial charge in [0, 0.05) is 25.3 Å². The summed E-state index contributed by atoms with van der Waals surface area (Å²) in [4.78, 5) is 3.56. The lowest BCUT2D eigenvalue weighted by molar-refractivity contribution is -0.890. The van der Waals surface area contributed by atoms with Crippen molar-refractivity contribution < 1.29 is 13.3 Å². The molecule has 0 bridgehead atoms. The largest absolute Gasteiger partial charge is 0.378 e. The number of nitrogens with one attached hydrogen (secondary N) is 2. The lowest BCUT2D eigenvalue weighted by atomic mass is 10.1. The van der Waals surface area contributed by atoms with Crippen LogP contribution in [0.25, 0.3) is 0 Å². The van der Waals surface area contributed by atoms with Gasteiger partial charge in [0.15, 0.2) is 0 Å². The van der Waals surface area contributed by atoms with Gasteiger partial charge in [-0.1, -0.05) is 29.8 Å². The molecule has 0 unspecified atom stereocenters. The minimum Gasteiger partial charge on any atom is -0.378 e. The predicted octanol–water partition coefficient (Wildman–Crippen LogP) is 1.53. The zero-order chi connectivity index (χ0) is 19.5. The molecule has 0 fully saturated rings. The van der Waals surface area contributed by atoms with Gasteiger partial charge in [-0.2, -0.15) is 0 Å². The van der Waals surface area contributed by atoms with Gasteiger partial charge in [-0.25, -0.2) is 13.1 Å². The first kappa shape index (κ1) is 20.4. The molecule has 2 N–H and O–H groups in total. The lowest BCUT2D eigenvalue weighted by Crippen LogP contribution is -3.07. The van der Waals surface area contributed by atoms with Gasteiger partial charge in [-0.15, -0.1) is 0 Å². The molecule has 0 aromatic heterocycles. The molecule has 2 aromatic carbocycles. The van der Waals surface area contributed by atoms with Crippen LogP contribution in [0.3, 0.4) is 0 Å². The maximum absolute atomic E-state index is 12.7. The summed E-state index contributed by atoms with van der Waals surface area (Å²) in [5.41, 5.74) is 4.05. The van der Waals surface area contributed by atoms with Gasteiger partial charge in [0.1, 0.15) is 6.04 Å². The SMILES string of the molecule is Cc1ccc(S(=O)(=O)NC[C@@H](c2ccc(N(C)C)cc2)[NH+](C)C)c(C)c1. The summed E-state index contributed by atoms with van der Waals surface area (Å²) in [6.45, 7) is 4.13. The molecule has 0 aliphatic carbocycles. The van der Waals surface area contributed by atoms with Crippen molar-refractivity contribution in [3.05, 3.63) is 59.2 Å². The smallest absolute Gasteiger partial charge is 0.241 e. The van der Waals surface area contributed by atoms with Crippen LogP contribution in [0.4, 0.5) is 5.69 Å². The molecule has 0 spiro atoms. The molecule has 0 saturated carbocycles. The standard InChI is InChI=1S/C20H29N3O2S/c1-15-7-12-20(16(2)13-15)26(24,25)21-14-19(23(5)6)17-8-10-18(11-9-17)22(3)4/h7-13,19,21H,14H2,1-6H3/p+1/t19-/m0/s1. The van der Waals surface area contributed by atoms with E-state index < -0.39 is 10.0 Å². The third-order valence-corrected chi connectivity index (χ3v) is 6.19. The molecule has 26 heavy (non-hydrogen) atoms. The molecule has 0 aliphatic rings. The Balaban J connectivity index is 2.20. The molecule has 0 radical (unpaired) electrons. The van der Waals surface area contributed by atoms with E-state index >= 15 is 0 Å². The van der Waals surface area contributed by atoms with Crippen molar-refractivity contribution in [2.24, 2.45) is 0 Å². The van der Waals surface area contributed by atoms with E-state index in [1.165, 1.54) is 4.90 Å². The van der Waals surface area contributed by atoms with Crippen LogP contribution in [0.5, 0.6) is 0 Å². The highest BCUT2D eigenvalue weighted by Gasteiger charge is 2.23. The number of hydrogen-bond acceptors (Lipinski definition) is 3. The van der Waals surface area contributed by atoms with Gasteiger partial charge in [-0.3, -0.25) is 0 Å². The molecule has 0 aliphatic heterocycles. The van der Waals surface area contributed by atoms with E-state index in [9.17, 15) is 8.42 Å². The third kappa shape index (κ3) is 4.84. The minimum atomic E-state index is -3.54. The van der Waals surface area contributed by atoms with Crippen LogP contribution in [0.1, 0.15) is 22.7 Å².